The van der Waals surface area contributed by atoms with Crippen LogP contribution in [0.15, 0.2) is 65.8 Å². The Bertz CT molecular complexity index is 3150. The fourth-order valence-corrected chi connectivity index (χ4v) is 11.0. The Labute approximate surface area is 497 Å². The van der Waals surface area contributed by atoms with E-state index in [0.717, 1.165) is 80.6 Å². The Morgan fingerprint density at radius 2 is 1.07 bits per heavy atom. The van der Waals surface area contributed by atoms with Gasteiger partial charge in [-0.1, -0.05) is 68.9 Å². The number of aliphatic hydroxyl groups excluding tert-OH is 1. The monoisotopic (exact) mass is 1140 g/mol. The third-order valence-corrected chi connectivity index (χ3v) is 16.9. The molecule has 0 aliphatic heterocycles. The molecule has 3 saturated carbocycles. The van der Waals surface area contributed by atoms with Gasteiger partial charge in [0.25, 0.3) is 0 Å². The molecule has 0 spiro atoms. The third-order valence-electron chi connectivity index (χ3n) is 16.9. The van der Waals surface area contributed by atoms with Gasteiger partial charge in [0.05, 0.1) is 43.2 Å². The first kappa shape index (κ1) is 64.3. The van der Waals surface area contributed by atoms with E-state index in [1.54, 1.807) is 24.9 Å². The molecule has 0 bridgehead atoms. The van der Waals surface area contributed by atoms with Crippen LogP contribution in [0.4, 0.5) is 35.3 Å². The van der Waals surface area contributed by atoms with Crippen LogP contribution in [0.3, 0.4) is 0 Å². The smallest absolute Gasteiger partial charge is 0.224 e. The molecule has 0 aromatic carbocycles. The first-order valence-electron chi connectivity index (χ1n) is 29.1. The van der Waals surface area contributed by atoms with Crippen molar-refractivity contribution in [3.8, 4) is 18.2 Å². The van der Waals surface area contributed by atoms with E-state index in [1.807, 2.05) is 55.9 Å². The zero-order valence-corrected chi connectivity index (χ0v) is 50.1. The van der Waals surface area contributed by atoms with Crippen LogP contribution in [-0.4, -0.2) is 93.6 Å². The van der Waals surface area contributed by atoms with E-state index in [9.17, 15) is 20.9 Å². The summed E-state index contributed by atoms with van der Waals surface area (Å²) >= 11 is 0. The molecule has 20 heteroatoms. The van der Waals surface area contributed by atoms with Crippen LogP contribution in [0.25, 0.3) is 0 Å². The van der Waals surface area contributed by atoms with Gasteiger partial charge in [0.15, 0.2) is 0 Å². The Morgan fingerprint density at radius 3 is 1.48 bits per heavy atom. The van der Waals surface area contributed by atoms with Gasteiger partial charge >= 0.3 is 0 Å². The number of hydrogen-bond acceptors (Lipinski definition) is 19. The molecule has 20 nitrogen and oxygen atoms in total. The second kappa shape index (κ2) is 29.4. The van der Waals surface area contributed by atoms with Crippen molar-refractivity contribution in [3.05, 3.63) is 106 Å². The Hall–Kier alpha value is -7.89. The SMILES string of the molecule is C.C[C@H]1CC[C@@H](Nc2nc(NCCc3ccco3)ncc2C#N)CC1(C)C.Cc1cc(C)n(CCNc2ncc(C#N)c(N[C@@H]3CC[C@H](O)C(C)(C)C3)n2)n1.Cc1ccc(CCNc2ncc(C#N)c(N[C@@H]3CC[C@H](C)C(C)(C)C3)n2)cn1.[HH].[HH].[HH]. The standard InChI is InChI=1S/C22H30N6.C20H29N7O.C20H27N5O.CH4.3H2/c1-15-5-8-19(11-22(15,3)4)27-20-18(12-23)14-26-21(28-20)24-10-9-17-7-6-16(2)25-13-17;1-13-9-14(2)27(26-13)8-7-22-19-23-12-15(11-21)18(25-19)24-16-5-6-17(28)20(3,4)10-16;1-14-6-7-16(11-20(14,2)3)24-18-15(12-21)13-23-19(25-18)22-9-8-17-5-4-10-26-17;;;;/h6-7,13-15,19H,5,8-11H2,1-4H3,(H2,24,26,27,28);9,12,16-17,28H,5-8,10H2,1-4H3,(H2,22,23,24,25);4-5,10,13-14,16H,6-9,11H2,1-3H3,(H2,22,23,24,25);1H4;3*1H/t15-,19+;16-,17+;14-,16+;;;;/m010..../s1. The fourth-order valence-electron chi connectivity index (χ4n) is 11.0. The molecule has 3 aliphatic carbocycles. The van der Waals surface area contributed by atoms with Gasteiger partial charge in [-0.15, -0.1) is 0 Å². The van der Waals surface area contributed by atoms with Crippen molar-refractivity contribution in [2.75, 3.05) is 51.5 Å². The van der Waals surface area contributed by atoms with E-state index in [4.69, 9.17) is 4.42 Å². The van der Waals surface area contributed by atoms with Crippen LogP contribution < -0.4 is 31.9 Å². The highest BCUT2D eigenvalue weighted by Gasteiger charge is 2.37. The first-order valence-corrected chi connectivity index (χ1v) is 29.1. The number of aromatic nitrogens is 9. The van der Waals surface area contributed by atoms with Crippen LogP contribution in [0.5, 0.6) is 0 Å². The lowest BCUT2D eigenvalue weighted by atomic mass is 9.68. The topological polar surface area (TPSA) is 285 Å². The summed E-state index contributed by atoms with van der Waals surface area (Å²) in [6.07, 6.45) is 18.7. The van der Waals surface area contributed by atoms with E-state index >= 15 is 0 Å². The molecule has 9 rings (SSSR count). The van der Waals surface area contributed by atoms with E-state index in [2.05, 4.69) is 152 Å². The third kappa shape index (κ3) is 18.6. The number of aryl methyl sites for hydroxylation is 3. The number of furan rings is 1. The largest absolute Gasteiger partial charge is 0.469 e. The van der Waals surface area contributed by atoms with E-state index in [-0.39, 0.29) is 29.3 Å². The molecule has 0 amide bonds. The zero-order chi connectivity index (χ0) is 59.0. The number of hydrogen-bond donors (Lipinski definition) is 7. The van der Waals surface area contributed by atoms with Gasteiger partial charge in [0, 0.05) is 66.0 Å². The predicted octanol–water partition coefficient (Wildman–Crippen LogP) is 12.6. The number of aliphatic hydroxyl groups is 1. The summed E-state index contributed by atoms with van der Waals surface area (Å²) < 4.78 is 7.27. The lowest BCUT2D eigenvalue weighted by Gasteiger charge is -2.41. The van der Waals surface area contributed by atoms with Gasteiger partial charge in [-0.3, -0.25) is 9.67 Å². The van der Waals surface area contributed by atoms with Gasteiger partial charge in [0.1, 0.15) is 58.1 Å². The van der Waals surface area contributed by atoms with Crippen molar-refractivity contribution in [1.82, 2.24) is 44.7 Å². The van der Waals surface area contributed by atoms with Crippen LogP contribution >= 0.6 is 0 Å². The van der Waals surface area contributed by atoms with Gasteiger partial charge in [-0.2, -0.15) is 35.8 Å². The molecule has 0 saturated heterocycles. The van der Waals surface area contributed by atoms with Crippen molar-refractivity contribution in [3.63, 3.8) is 0 Å². The van der Waals surface area contributed by atoms with Gasteiger partial charge in [-0.25, -0.2) is 15.0 Å². The van der Waals surface area contributed by atoms with Crippen molar-refractivity contribution >= 4 is 35.3 Å². The molecule has 3 fully saturated rings. The Morgan fingerprint density at radius 1 is 0.602 bits per heavy atom. The number of nitriles is 3. The first-order chi connectivity index (χ1) is 39.1. The van der Waals surface area contributed by atoms with Crippen molar-refractivity contribution < 1.29 is 13.8 Å². The van der Waals surface area contributed by atoms with Crippen molar-refractivity contribution in [2.24, 2.45) is 28.1 Å². The maximum atomic E-state index is 10.2. The van der Waals surface area contributed by atoms with E-state index in [1.165, 1.54) is 18.4 Å². The number of anilines is 6. The van der Waals surface area contributed by atoms with Crippen molar-refractivity contribution in [2.45, 2.75) is 185 Å². The van der Waals surface area contributed by atoms with Crippen LogP contribution in [0.2, 0.25) is 0 Å². The molecule has 0 unspecified atom stereocenters. The fraction of sp³-hybridized carbons (Fsp3) is 0.571. The molecule has 0 radical (unpaired) electrons. The Kier molecular flexibility index (Phi) is 22.8. The lowest BCUT2D eigenvalue weighted by Crippen LogP contribution is -2.41. The summed E-state index contributed by atoms with van der Waals surface area (Å²) in [6.45, 7) is 26.8. The highest BCUT2D eigenvalue weighted by Crippen LogP contribution is 2.43. The summed E-state index contributed by atoms with van der Waals surface area (Å²) in [5.41, 5.74) is 6.13. The van der Waals surface area contributed by atoms with Gasteiger partial charge in [-0.05, 0) is 143 Å². The van der Waals surface area contributed by atoms with Crippen LogP contribution in [0.1, 0.15) is 170 Å². The van der Waals surface area contributed by atoms with Crippen molar-refractivity contribution in [1.29, 1.82) is 15.8 Å². The van der Waals surface area contributed by atoms with E-state index in [0.29, 0.717) is 113 Å². The number of nitrogens with zero attached hydrogens (tertiary/aromatic N) is 12. The molecule has 450 valence electrons. The highest BCUT2D eigenvalue weighted by atomic mass is 16.3. The van der Waals surface area contributed by atoms with E-state index < -0.39 is 0 Å². The number of rotatable bonds is 18. The average molecular weight is 1140 g/mol. The van der Waals surface area contributed by atoms with Crippen LogP contribution in [-0.2, 0) is 19.4 Å². The zero-order valence-electron chi connectivity index (χ0n) is 50.1. The second-order valence-electron chi connectivity index (χ2n) is 24.7. The maximum absolute atomic E-state index is 10.2. The molecular weight excluding hydrogens is 1040 g/mol. The molecule has 6 atom stereocenters. The maximum Gasteiger partial charge on any atom is 0.224 e. The molecule has 83 heavy (non-hydrogen) atoms. The highest BCUT2D eigenvalue weighted by molar-refractivity contribution is 5.56. The minimum Gasteiger partial charge on any atom is -0.469 e. The lowest BCUT2D eigenvalue weighted by molar-refractivity contribution is 0.00926. The minimum atomic E-state index is -0.294. The molecule has 6 aromatic heterocycles. The van der Waals surface area contributed by atoms with Gasteiger partial charge < -0.3 is 41.4 Å². The normalized spacial score (nSPS) is 21.0. The summed E-state index contributed by atoms with van der Waals surface area (Å²) in [5.74, 6) is 5.70. The second-order valence-corrected chi connectivity index (χ2v) is 24.7. The van der Waals surface area contributed by atoms with Crippen LogP contribution in [0, 0.1) is 82.8 Å². The molecule has 6 aromatic rings. The van der Waals surface area contributed by atoms with Gasteiger partial charge in [0.2, 0.25) is 17.8 Å². The molecular formula is C63H96N18O2. The number of pyridine rings is 1. The number of nitrogens with one attached hydrogen (secondary N) is 6. The quantitative estimate of drug-likeness (QED) is 0.0421. The predicted molar refractivity (Wildman–Crippen MR) is 335 cm³/mol. The average Bonchev–Trinajstić information content (AvgIpc) is 4.01. The molecule has 6 heterocycles. The summed E-state index contributed by atoms with van der Waals surface area (Å²) in [5, 5.41) is 62.9. The summed E-state index contributed by atoms with van der Waals surface area (Å²) in [4.78, 5) is 30.7. The molecule has 7 N–H and O–H groups in total. The summed E-state index contributed by atoms with van der Waals surface area (Å²) in [6, 6.07) is 17.4. The minimum absolute atomic E-state index is 0. The molecule has 3 aliphatic rings. The summed E-state index contributed by atoms with van der Waals surface area (Å²) in [7, 11) is 0. The Balaban J connectivity index is 0.000000330.